The maximum atomic E-state index is 12.3. The molecular weight excluding hydrogens is 1970 g/mol. The summed E-state index contributed by atoms with van der Waals surface area (Å²) in [7, 11) is 0. The van der Waals surface area contributed by atoms with Gasteiger partial charge < -0.3 is 127 Å². The molecular formula is C101H158N24O24S. The molecule has 150 heavy (non-hydrogen) atoms. The first-order valence-electron chi connectivity index (χ1n) is 49.8. The molecule has 2 aromatic carbocycles. The number of carbonyl (C=O) groups is 1. The van der Waals surface area contributed by atoms with Crippen molar-refractivity contribution in [3.63, 3.8) is 0 Å². The van der Waals surface area contributed by atoms with E-state index in [0.29, 0.717) is 29.0 Å². The molecule has 0 saturated carbocycles. The monoisotopic (exact) mass is 2120 g/mol. The second-order valence-corrected chi connectivity index (χ2v) is 40.6. The van der Waals surface area contributed by atoms with Crippen molar-refractivity contribution < 1.29 is 122 Å². The van der Waals surface area contributed by atoms with Crippen molar-refractivity contribution >= 4 is 153 Å². The number of carboxylic acids is 1. The van der Waals surface area contributed by atoms with Crippen LogP contribution in [0.5, 0.6) is 0 Å². The summed E-state index contributed by atoms with van der Waals surface area (Å²) >= 11 is 1.41. The van der Waals surface area contributed by atoms with Crippen molar-refractivity contribution in [3.05, 3.63) is 90.1 Å². The quantitative estimate of drug-likeness (QED) is 0.0144. The van der Waals surface area contributed by atoms with Gasteiger partial charge in [-0.05, 0) is 128 Å². The number of aliphatic carboxylic acids is 1. The van der Waals surface area contributed by atoms with Crippen molar-refractivity contribution in [3.8, 4) is 0 Å². The molecule has 19 unspecified atom stereocenters. The van der Waals surface area contributed by atoms with Crippen molar-refractivity contribution in [1.82, 2.24) is 15.0 Å². The summed E-state index contributed by atoms with van der Waals surface area (Å²) in [6, 6.07) is -8.57. The van der Waals surface area contributed by atoms with E-state index in [2.05, 4.69) is 110 Å². The molecule has 0 saturated heterocycles. The van der Waals surface area contributed by atoms with Gasteiger partial charge in [0.25, 0.3) is 0 Å². The standard InChI is InChI=1S/C101H158N24O24S/c1-22-57(18)83(124-98(145)81(55(14)15)121-95(142)74(42-76(103)129)117-87(134)65(109-48-126)32-33-150-21)99(146)125-84(59(20)127)100(147)119-73(41-75(102)128)93(140)114-68(36-51(6)7)89(136)113-67(35-50(4)5)88(135)110-58(19)85(132)106-46-78(131)120-79(53(10)11)97(144)122-80(54(12)13)96(143)118-72(40-62-44-104-47-108-62)92(139)116-70(38-60-28-24-23-25-29-60)90(137)112-66(34-49(2)3)86(133)107-45-77(130)111-71(39-61-43-105-64-31-27-26-30-63(61)64)91(138)115-69(37-52(8)9)94(141)123-82(56(16)17)101(148)149/h23-31,43-44,47-59,65-74,79-84,105,127H,22,32-42,45-46H2,1-21H3,(H2,102,128)(H2,103,129)(H,104,108)(H,106,132)(H,107,133)(H,109,126)(H,110,135)(H,111,130)(H,112,137)(H,113,136)(H,114,140)(H,115,138)(H,116,139)(H,117,134)(H,118,143)(H,119,147)(H,120,131)(H,121,142)(H,122,144)(H,123,141)(H,124,145)(H,125,146)(H,148,149). The fraction of sp³-hybridized carbons (Fsp3) is 0.614. The van der Waals surface area contributed by atoms with Gasteiger partial charge in [0.1, 0.15) is 104 Å². The second-order valence-electron chi connectivity index (χ2n) is 39.6. The Hall–Kier alpha value is -14.2. The first-order chi connectivity index (χ1) is 70.4. The van der Waals surface area contributed by atoms with E-state index in [0.717, 1.165) is 17.8 Å². The number of thioether (sulfide) groups is 1. The molecule has 0 amide bonds. The van der Waals surface area contributed by atoms with Crippen LogP contribution >= 0.6 is 11.8 Å². The van der Waals surface area contributed by atoms with Crippen LogP contribution in [0.4, 0.5) is 0 Å². The number of aliphatic hydroxyl groups excluding tert-OH is 22. The molecule has 0 radical (unpaired) electrons. The molecule has 4 rings (SSSR count). The number of imidazole rings is 1. The first-order valence-corrected chi connectivity index (χ1v) is 51.2. The van der Waals surface area contributed by atoms with Crippen molar-refractivity contribution in [1.29, 1.82) is 10.8 Å². The Kier molecular flexibility index (Phi) is 54.3. The van der Waals surface area contributed by atoms with Gasteiger partial charge in [-0.2, -0.15) is 11.8 Å². The Morgan fingerprint density at radius 2 is 0.740 bits per heavy atom. The smallest absolute Gasteiger partial charge is 0.328 e. The van der Waals surface area contributed by atoms with Gasteiger partial charge in [-0.1, -0.05) is 180 Å². The maximum absolute atomic E-state index is 12.3. The van der Waals surface area contributed by atoms with E-state index >= 15 is 0 Å². The highest BCUT2D eigenvalue weighted by Gasteiger charge is 2.37. The van der Waals surface area contributed by atoms with Gasteiger partial charge in [0.2, 0.25) is 106 Å². The molecule has 27 N–H and O–H groups in total. The number of H-pyrrole nitrogens is 2. The number of nitrogens with one attached hydrogen (secondary N) is 4. The Labute approximate surface area is 877 Å². The molecule has 0 fully saturated rings. The number of nitrogens with zero attached hydrogens (tertiary/aromatic N) is 20. The van der Waals surface area contributed by atoms with Crippen LogP contribution in [0.25, 0.3) is 10.9 Å². The van der Waals surface area contributed by atoms with Crippen LogP contribution < -0.4 is 0 Å². The second kappa shape index (κ2) is 63.6. The van der Waals surface area contributed by atoms with Gasteiger partial charge >= 0.3 is 5.97 Å². The fourth-order valence-corrected chi connectivity index (χ4v) is 15.4. The topological polar surface area (TPSA) is 809 Å². The van der Waals surface area contributed by atoms with Crippen LogP contribution in [0.1, 0.15) is 207 Å². The number of carboxylic acid groups (broad SMARTS) is 1. The number of aliphatic imine (C=N–C) groups is 19. The van der Waals surface area contributed by atoms with Crippen LogP contribution in [0, 0.1) is 64.1 Å². The first kappa shape index (κ1) is 128. The molecule has 0 aliphatic carbocycles. The fourth-order valence-electron chi connectivity index (χ4n) is 14.9. The highest BCUT2D eigenvalue weighted by Crippen LogP contribution is 2.28. The van der Waals surface area contributed by atoms with E-state index in [1.54, 1.807) is 140 Å². The summed E-state index contributed by atoms with van der Waals surface area (Å²) in [6.07, 6.45) is 3.60. The summed E-state index contributed by atoms with van der Waals surface area (Å²) in [6.45, 7) is 31.6. The van der Waals surface area contributed by atoms with Crippen molar-refractivity contribution in [2.24, 2.45) is 148 Å². The van der Waals surface area contributed by atoms with Crippen molar-refractivity contribution in [2.75, 3.05) is 25.1 Å². The zero-order valence-electron chi connectivity index (χ0n) is 89.0. The number of aromatic amines is 2. The Balaban J connectivity index is 1.74. The third-order valence-electron chi connectivity index (χ3n) is 23.2. The predicted molar refractivity (Wildman–Crippen MR) is 595 cm³/mol. The number of hydrogen-bond acceptors (Lipinski definition) is 25. The van der Waals surface area contributed by atoms with E-state index in [4.69, 9.17) is 10.8 Å². The van der Waals surface area contributed by atoms with E-state index in [9.17, 15) is 122 Å². The van der Waals surface area contributed by atoms with Crippen LogP contribution in [-0.4, -0.2) is 397 Å². The summed E-state index contributed by atoms with van der Waals surface area (Å²) in [5.74, 6) is -21.0. The Morgan fingerprint density at radius 3 is 1.20 bits per heavy atom. The normalized spacial score (nSPS) is 18.5. The highest BCUT2D eigenvalue weighted by molar-refractivity contribution is 7.98. The van der Waals surface area contributed by atoms with Gasteiger partial charge in [-0.15, -0.1) is 0 Å². The van der Waals surface area contributed by atoms with Crippen LogP contribution in [0.15, 0.2) is 168 Å². The average Bonchev–Trinajstić information content (AvgIpc) is 1.65. The lowest BCUT2D eigenvalue weighted by molar-refractivity contribution is -0.139. The molecule has 19 atom stereocenters. The molecule has 832 valence electrons. The van der Waals surface area contributed by atoms with Gasteiger partial charge in [-0.25, -0.2) is 105 Å². The van der Waals surface area contributed by atoms with E-state index in [-0.39, 0.29) is 81.5 Å². The summed E-state index contributed by atoms with van der Waals surface area (Å²) < 4.78 is 0. The minimum atomic E-state index is -1.90. The lowest BCUT2D eigenvalue weighted by Crippen LogP contribution is -2.38. The van der Waals surface area contributed by atoms with Gasteiger partial charge in [0, 0.05) is 48.3 Å². The minimum absolute atomic E-state index is 0.0121. The Morgan fingerprint density at radius 1 is 0.380 bits per heavy atom. The summed E-state index contributed by atoms with van der Waals surface area (Å²) in [5.41, 5.74) is 2.38. The number of aliphatic hydroxyl groups is 22. The molecule has 4 aromatic rings. The zero-order chi connectivity index (χ0) is 113. The molecule has 2 aromatic heterocycles. The summed E-state index contributed by atoms with van der Waals surface area (Å²) in [4.78, 5) is 103. The lowest BCUT2D eigenvalue weighted by atomic mass is 9.98. The largest absolute Gasteiger partial charge is 0.499 e. The number of aromatic nitrogens is 3. The average molecular weight is 2120 g/mol. The molecule has 0 spiro atoms. The molecule has 0 bridgehead atoms. The number of fused-ring (bicyclic) bond motifs is 1. The number of para-hydroxylation sites is 1. The van der Waals surface area contributed by atoms with Crippen LogP contribution in [0.3, 0.4) is 0 Å². The minimum Gasteiger partial charge on any atom is -0.499 e. The number of rotatable bonds is 66. The third kappa shape index (κ3) is 43.9. The summed E-state index contributed by atoms with van der Waals surface area (Å²) in [5, 5.41) is 278. The highest BCUT2D eigenvalue weighted by atomic mass is 32.2. The molecule has 48 nitrogen and oxygen atoms in total. The third-order valence-corrected chi connectivity index (χ3v) is 23.8. The van der Waals surface area contributed by atoms with E-state index < -0.39 is 288 Å². The molecule has 49 heteroatoms. The SMILES string of the molecule is CCC(C)C(N=C(O)C(N=C(O)C(CC(=N)O)N=C(O)C(CCSC)N=CO)C(C)C)C(O)=NC(C(O)=NC(CC(=N)O)C(O)=NC(CC(C)C)C(O)=NC(CC(C)C)C(O)=NC(C)C(O)=NCC(O)=NC(C(O)=NC(C(O)=NC(Cc1cnc[nH]1)C(O)=NC(Cc1ccccc1)C(O)=NC(CC(C)C)C(O)=NCC(O)=NC(Cc1c[nH]c2ccccc12)C(O)=NC(CC(C)C)C(O)=NC(C(=O)O)C(C)C)C(C)C)C(C)C)C(C)O. The Bertz CT molecular complexity index is 5560. The molecule has 2 heterocycles. The lowest BCUT2D eigenvalue weighted by Gasteiger charge is -2.23. The zero-order valence-corrected chi connectivity index (χ0v) is 89.9. The van der Waals surface area contributed by atoms with Gasteiger partial charge in [-0.3, -0.25) is 10.8 Å². The van der Waals surface area contributed by atoms with E-state index in [1.165, 1.54) is 31.2 Å². The van der Waals surface area contributed by atoms with Gasteiger partial charge in [0.15, 0.2) is 30.3 Å². The van der Waals surface area contributed by atoms with Gasteiger partial charge in [0.05, 0.1) is 25.3 Å². The molecule has 0 aliphatic heterocycles. The van der Waals surface area contributed by atoms with E-state index in [1.807, 2.05) is 52.0 Å². The number of benzene rings is 2. The molecule has 0 aliphatic rings. The van der Waals surface area contributed by atoms with Crippen LogP contribution in [0.2, 0.25) is 0 Å². The van der Waals surface area contributed by atoms with Crippen LogP contribution in [-0.2, 0) is 24.1 Å². The maximum Gasteiger partial charge on any atom is 0.328 e. The predicted octanol–water partition coefficient (Wildman–Crippen LogP) is 15.9. The number of hydrogen-bond donors (Lipinski definition) is 27. The van der Waals surface area contributed by atoms with Crippen molar-refractivity contribution in [2.45, 2.75) is 318 Å².